The van der Waals surface area contributed by atoms with Gasteiger partial charge in [-0.15, -0.1) is 0 Å². The van der Waals surface area contributed by atoms with E-state index in [-0.39, 0.29) is 5.54 Å². The first-order valence-electron chi connectivity index (χ1n) is 9.58. The van der Waals surface area contributed by atoms with Gasteiger partial charge in [-0.1, -0.05) is 30.0 Å². The zero-order chi connectivity index (χ0) is 21.7. The number of fused-ring (bicyclic) bond motifs is 1. The molecule has 0 radical (unpaired) electrons. The molecule has 1 atom stereocenters. The molecule has 7 nitrogen and oxygen atoms in total. The number of rotatable bonds is 8. The van der Waals surface area contributed by atoms with Crippen LogP contribution >= 0.6 is 11.8 Å². The second kappa shape index (κ2) is 9.40. The lowest BCUT2D eigenvalue weighted by atomic mass is 10.1. The summed E-state index contributed by atoms with van der Waals surface area (Å²) in [4.78, 5) is 26.2. The lowest BCUT2D eigenvalue weighted by molar-refractivity contribution is 0.0329. The normalized spacial score (nSPS) is 12.6. The molecule has 0 spiro atoms. The lowest BCUT2D eigenvalue weighted by Gasteiger charge is -2.27. The van der Waals surface area contributed by atoms with Gasteiger partial charge in [-0.25, -0.2) is 19.7 Å². The van der Waals surface area contributed by atoms with Crippen LogP contribution in [0.4, 0.5) is 5.82 Å². The summed E-state index contributed by atoms with van der Waals surface area (Å²) in [5, 5.41) is 4.89. The Morgan fingerprint density at radius 1 is 1.23 bits per heavy atom. The molecule has 30 heavy (non-hydrogen) atoms. The van der Waals surface area contributed by atoms with Crippen molar-refractivity contribution in [1.29, 1.82) is 0 Å². The van der Waals surface area contributed by atoms with Crippen LogP contribution in [0.1, 0.15) is 42.9 Å². The van der Waals surface area contributed by atoms with Crippen LogP contribution in [-0.4, -0.2) is 46.4 Å². The molecule has 1 N–H and O–H groups in total. The minimum atomic E-state index is -0.548. The molecule has 0 fully saturated rings. The molecule has 0 aliphatic rings. The van der Waals surface area contributed by atoms with E-state index in [0.29, 0.717) is 34.4 Å². The third-order valence-electron chi connectivity index (χ3n) is 4.42. The predicted octanol–water partition coefficient (Wildman–Crippen LogP) is 4.50. The summed E-state index contributed by atoms with van der Waals surface area (Å²) in [5.74, 6) is 0.207. The van der Waals surface area contributed by atoms with Gasteiger partial charge in [-0.2, -0.15) is 0 Å². The van der Waals surface area contributed by atoms with Crippen molar-refractivity contribution in [2.24, 2.45) is 0 Å². The van der Waals surface area contributed by atoms with Crippen LogP contribution in [-0.2, 0) is 9.47 Å². The van der Waals surface area contributed by atoms with Crippen molar-refractivity contribution in [3.8, 4) is 0 Å². The van der Waals surface area contributed by atoms with E-state index in [0.717, 1.165) is 5.39 Å². The Balaban J connectivity index is 1.97. The first-order valence-corrected chi connectivity index (χ1v) is 10.8. The average Bonchev–Trinajstić information content (AvgIpc) is 2.73. The van der Waals surface area contributed by atoms with Gasteiger partial charge in [0.2, 0.25) is 0 Å². The van der Waals surface area contributed by atoms with Crippen molar-refractivity contribution in [1.82, 2.24) is 15.0 Å². The van der Waals surface area contributed by atoms with Gasteiger partial charge in [-0.3, -0.25) is 0 Å². The van der Waals surface area contributed by atoms with Gasteiger partial charge >= 0.3 is 5.97 Å². The number of carbonyl (C=O) groups excluding carboxylic acids is 1. The standard InChI is InChI=1S/C22H26N4O3S/c1-14(29-20(27)15-9-7-6-8-10-15)17-11-16-12-23-21(30-5)25-18(16)19(24-17)26-22(2,3)13-28-4/h6-12,14H,13H2,1-5H3,(H,24,26). The topological polar surface area (TPSA) is 86.2 Å². The van der Waals surface area contributed by atoms with Crippen LogP contribution in [0.15, 0.2) is 47.8 Å². The molecule has 0 saturated carbocycles. The van der Waals surface area contributed by atoms with Gasteiger partial charge in [0, 0.05) is 18.7 Å². The van der Waals surface area contributed by atoms with Gasteiger partial charge < -0.3 is 14.8 Å². The molecule has 2 aromatic heterocycles. The Morgan fingerprint density at radius 3 is 2.63 bits per heavy atom. The van der Waals surface area contributed by atoms with Gasteiger partial charge in [0.15, 0.2) is 11.0 Å². The summed E-state index contributed by atoms with van der Waals surface area (Å²) in [5.41, 5.74) is 1.45. The first kappa shape index (κ1) is 22.0. The Morgan fingerprint density at radius 2 is 1.97 bits per heavy atom. The van der Waals surface area contributed by atoms with E-state index in [1.165, 1.54) is 11.8 Å². The summed E-state index contributed by atoms with van der Waals surface area (Å²) in [6.45, 7) is 6.33. The van der Waals surface area contributed by atoms with Crippen LogP contribution in [0.5, 0.6) is 0 Å². The number of hydrogen-bond donors (Lipinski definition) is 1. The second-order valence-electron chi connectivity index (χ2n) is 7.55. The second-order valence-corrected chi connectivity index (χ2v) is 8.32. The number of pyridine rings is 1. The van der Waals surface area contributed by atoms with Crippen molar-refractivity contribution in [2.75, 3.05) is 25.3 Å². The van der Waals surface area contributed by atoms with Crippen molar-refractivity contribution in [3.63, 3.8) is 0 Å². The Hall–Kier alpha value is -2.71. The third kappa shape index (κ3) is 5.25. The van der Waals surface area contributed by atoms with E-state index in [1.807, 2.05) is 32.2 Å². The zero-order valence-electron chi connectivity index (χ0n) is 17.8. The molecule has 0 aliphatic heterocycles. The van der Waals surface area contributed by atoms with Crippen molar-refractivity contribution >= 4 is 34.5 Å². The number of ether oxygens (including phenoxy) is 2. The Kier molecular flexibility index (Phi) is 6.89. The van der Waals surface area contributed by atoms with Crippen LogP contribution < -0.4 is 5.32 Å². The smallest absolute Gasteiger partial charge is 0.338 e. The number of nitrogens with zero attached hydrogens (tertiary/aromatic N) is 3. The summed E-state index contributed by atoms with van der Waals surface area (Å²) in [6, 6.07) is 10.8. The molecule has 0 bridgehead atoms. The molecule has 2 heterocycles. The maximum atomic E-state index is 12.5. The number of anilines is 1. The molecule has 0 saturated heterocycles. The Bertz CT molecular complexity index is 1030. The van der Waals surface area contributed by atoms with Gasteiger partial charge in [0.25, 0.3) is 0 Å². The van der Waals surface area contributed by atoms with Crippen LogP contribution in [0.3, 0.4) is 0 Å². The number of thioether (sulfide) groups is 1. The zero-order valence-corrected chi connectivity index (χ0v) is 18.6. The fraction of sp³-hybridized carbons (Fsp3) is 0.364. The molecule has 1 aromatic carbocycles. The minimum Gasteiger partial charge on any atom is -0.453 e. The highest BCUT2D eigenvalue weighted by atomic mass is 32.2. The summed E-state index contributed by atoms with van der Waals surface area (Å²) >= 11 is 1.47. The number of aromatic nitrogens is 3. The molecule has 3 aromatic rings. The van der Waals surface area contributed by atoms with Crippen molar-refractivity contribution in [2.45, 2.75) is 37.6 Å². The minimum absolute atomic E-state index is 0.373. The highest BCUT2D eigenvalue weighted by molar-refractivity contribution is 7.98. The van der Waals surface area contributed by atoms with Crippen LogP contribution in [0, 0.1) is 0 Å². The maximum absolute atomic E-state index is 12.5. The molecule has 0 aliphatic carbocycles. The van der Waals surface area contributed by atoms with E-state index >= 15 is 0 Å². The van der Waals surface area contributed by atoms with Crippen LogP contribution in [0.25, 0.3) is 10.9 Å². The maximum Gasteiger partial charge on any atom is 0.338 e. The highest BCUT2D eigenvalue weighted by Gasteiger charge is 2.23. The van der Waals surface area contributed by atoms with Crippen molar-refractivity contribution in [3.05, 3.63) is 53.9 Å². The van der Waals surface area contributed by atoms with Crippen LogP contribution in [0.2, 0.25) is 0 Å². The van der Waals surface area contributed by atoms with E-state index in [9.17, 15) is 4.79 Å². The van der Waals surface area contributed by atoms with Crippen molar-refractivity contribution < 1.29 is 14.3 Å². The van der Waals surface area contributed by atoms with Gasteiger partial charge in [0.1, 0.15) is 11.6 Å². The average molecular weight is 427 g/mol. The first-order chi connectivity index (χ1) is 14.3. The third-order valence-corrected chi connectivity index (χ3v) is 4.98. The number of methoxy groups -OCH3 is 1. The monoisotopic (exact) mass is 426 g/mol. The van der Waals surface area contributed by atoms with Gasteiger partial charge in [-0.05, 0) is 45.2 Å². The fourth-order valence-electron chi connectivity index (χ4n) is 3.02. The molecular formula is C22H26N4O3S. The summed E-state index contributed by atoms with van der Waals surface area (Å²) < 4.78 is 11.0. The van der Waals surface area contributed by atoms with E-state index in [1.54, 1.807) is 44.5 Å². The Labute approximate surface area is 180 Å². The van der Waals surface area contributed by atoms with E-state index in [4.69, 9.17) is 14.5 Å². The molecule has 158 valence electrons. The number of benzene rings is 1. The predicted molar refractivity (Wildman–Crippen MR) is 119 cm³/mol. The van der Waals surface area contributed by atoms with E-state index in [2.05, 4.69) is 15.3 Å². The largest absolute Gasteiger partial charge is 0.453 e. The quantitative estimate of drug-likeness (QED) is 0.320. The number of carbonyl (C=O) groups is 1. The van der Waals surface area contributed by atoms with E-state index < -0.39 is 12.1 Å². The number of hydrogen-bond acceptors (Lipinski definition) is 8. The number of esters is 1. The molecular weight excluding hydrogens is 400 g/mol. The molecule has 1 unspecified atom stereocenters. The fourth-order valence-corrected chi connectivity index (χ4v) is 3.36. The highest BCUT2D eigenvalue weighted by Crippen LogP contribution is 2.28. The molecule has 0 amide bonds. The molecule has 3 rings (SSSR count). The SMILES string of the molecule is COCC(C)(C)Nc1nc(C(C)OC(=O)c2ccccc2)cc2cnc(SC)nc12. The number of nitrogens with one attached hydrogen (secondary N) is 1. The summed E-state index contributed by atoms with van der Waals surface area (Å²) in [7, 11) is 1.66. The lowest BCUT2D eigenvalue weighted by Crippen LogP contribution is -2.36. The van der Waals surface area contributed by atoms with Gasteiger partial charge in [0.05, 0.1) is 23.4 Å². The molecule has 8 heteroatoms. The summed E-state index contributed by atoms with van der Waals surface area (Å²) in [6.07, 6.45) is 3.14.